The molecule has 5 rings (SSSR count). The van der Waals surface area contributed by atoms with Gasteiger partial charge in [0.05, 0.1) is 45.7 Å². The Hall–Kier alpha value is -4.16. The molecule has 4 heterocycles. The summed E-state index contributed by atoms with van der Waals surface area (Å²) < 4.78 is 49.6. The van der Waals surface area contributed by atoms with Crippen molar-refractivity contribution in [3.63, 3.8) is 0 Å². The number of benzene rings is 1. The van der Waals surface area contributed by atoms with E-state index in [1.165, 1.54) is 37.7 Å². The fourth-order valence-corrected chi connectivity index (χ4v) is 4.39. The van der Waals surface area contributed by atoms with E-state index in [2.05, 4.69) is 25.6 Å². The summed E-state index contributed by atoms with van der Waals surface area (Å²) in [7, 11) is 1.47. The molecule has 4 aromatic rings. The Bertz CT molecular complexity index is 1590. The largest absolute Gasteiger partial charge is 0.439 e. The van der Waals surface area contributed by atoms with Crippen molar-refractivity contribution in [2.24, 2.45) is 0 Å². The van der Waals surface area contributed by atoms with E-state index in [4.69, 9.17) is 21.1 Å². The molecule has 13 heteroatoms. The Balaban J connectivity index is 1.48. The van der Waals surface area contributed by atoms with Crippen LogP contribution in [-0.2, 0) is 15.7 Å². The van der Waals surface area contributed by atoms with E-state index in [0.29, 0.717) is 22.4 Å². The van der Waals surface area contributed by atoms with Crippen LogP contribution >= 0.6 is 11.6 Å². The van der Waals surface area contributed by atoms with Crippen molar-refractivity contribution in [2.45, 2.75) is 18.6 Å². The monoisotopic (exact) mass is 545 g/mol. The molecule has 0 saturated carbocycles. The van der Waals surface area contributed by atoms with Gasteiger partial charge in [-0.3, -0.25) is 9.59 Å². The highest BCUT2D eigenvalue weighted by Gasteiger charge is 2.39. The molecule has 1 aliphatic heterocycles. The Kier molecular flexibility index (Phi) is 6.24. The summed E-state index contributed by atoms with van der Waals surface area (Å²) in [4.78, 5) is 37.2. The molecule has 1 unspecified atom stereocenters. The zero-order valence-corrected chi connectivity index (χ0v) is 20.6. The lowest BCUT2D eigenvalue weighted by molar-refractivity contribution is -0.137. The van der Waals surface area contributed by atoms with Crippen molar-refractivity contribution in [3.05, 3.63) is 70.6 Å². The first-order valence-electron chi connectivity index (χ1n) is 11.1. The van der Waals surface area contributed by atoms with Gasteiger partial charge in [-0.05, 0) is 25.1 Å². The molecule has 3 N–H and O–H groups in total. The van der Waals surface area contributed by atoms with Gasteiger partial charge in [-0.1, -0.05) is 11.6 Å². The summed E-state index contributed by atoms with van der Waals surface area (Å²) in [5.74, 6) is -0.953. The molecule has 0 aliphatic carbocycles. The number of hydrogen-bond acceptors (Lipinski definition) is 7. The van der Waals surface area contributed by atoms with Crippen LogP contribution in [0.2, 0.25) is 5.02 Å². The number of halogens is 4. The molecule has 196 valence electrons. The van der Waals surface area contributed by atoms with E-state index in [-0.39, 0.29) is 40.3 Å². The molecule has 1 aliphatic rings. The number of carbonyl (C=O) groups excluding carboxylic acids is 2. The van der Waals surface area contributed by atoms with Gasteiger partial charge >= 0.3 is 6.18 Å². The van der Waals surface area contributed by atoms with Gasteiger partial charge in [0.1, 0.15) is 16.9 Å². The molecule has 9 nitrogen and oxygen atoms in total. The fraction of sp³-hybridized carbons (Fsp3) is 0.200. The lowest BCUT2D eigenvalue weighted by Crippen LogP contribution is -2.53. The molecule has 38 heavy (non-hydrogen) atoms. The van der Waals surface area contributed by atoms with Crippen LogP contribution in [0, 0.1) is 0 Å². The van der Waals surface area contributed by atoms with E-state index >= 15 is 0 Å². The third-order valence-corrected chi connectivity index (χ3v) is 6.31. The van der Waals surface area contributed by atoms with Gasteiger partial charge in [0, 0.05) is 37.2 Å². The van der Waals surface area contributed by atoms with Gasteiger partial charge in [0.25, 0.3) is 5.91 Å². The predicted octanol–water partition coefficient (Wildman–Crippen LogP) is 5.42. The molecule has 1 aromatic carbocycles. The zero-order valence-electron chi connectivity index (χ0n) is 19.9. The molecule has 0 bridgehead atoms. The maximum absolute atomic E-state index is 13.6. The van der Waals surface area contributed by atoms with Crippen LogP contribution in [0.3, 0.4) is 0 Å². The maximum atomic E-state index is 13.6. The predicted molar refractivity (Wildman–Crippen MR) is 133 cm³/mol. The van der Waals surface area contributed by atoms with Crippen molar-refractivity contribution in [1.29, 1.82) is 0 Å². The normalized spacial score (nSPS) is 17.1. The molecule has 0 spiro atoms. The SMILES string of the molecule is COCC1(C)Nc2c(cnc3[nH]cc(C(=O)c4ccc(Oc5cc(C(F)(F)F)ccn5)cc4Cl)c23)NC1=O. The number of H-pyrrole nitrogens is 1. The molecule has 0 fully saturated rings. The summed E-state index contributed by atoms with van der Waals surface area (Å²) in [5, 5.41) is 6.42. The van der Waals surface area contributed by atoms with Gasteiger partial charge in [-0.2, -0.15) is 13.2 Å². The number of ketones is 1. The highest BCUT2D eigenvalue weighted by molar-refractivity contribution is 6.36. The Morgan fingerprint density at radius 1 is 1.16 bits per heavy atom. The zero-order chi connectivity index (χ0) is 27.2. The number of carbonyl (C=O) groups is 2. The lowest BCUT2D eigenvalue weighted by Gasteiger charge is -2.35. The number of anilines is 2. The highest BCUT2D eigenvalue weighted by Crippen LogP contribution is 2.39. The van der Waals surface area contributed by atoms with Crippen molar-refractivity contribution < 1.29 is 32.2 Å². The third-order valence-electron chi connectivity index (χ3n) is 6.00. The van der Waals surface area contributed by atoms with E-state index < -0.39 is 23.1 Å². The summed E-state index contributed by atoms with van der Waals surface area (Å²) in [6, 6.07) is 5.71. The summed E-state index contributed by atoms with van der Waals surface area (Å²) >= 11 is 6.40. The highest BCUT2D eigenvalue weighted by atomic mass is 35.5. The van der Waals surface area contributed by atoms with Crippen LogP contribution in [0.4, 0.5) is 24.5 Å². The van der Waals surface area contributed by atoms with Crippen LogP contribution in [0.25, 0.3) is 11.0 Å². The van der Waals surface area contributed by atoms with E-state index in [1.54, 1.807) is 6.92 Å². The number of fused-ring (bicyclic) bond motifs is 3. The van der Waals surface area contributed by atoms with Gasteiger partial charge < -0.3 is 25.1 Å². The smallest absolute Gasteiger partial charge is 0.416 e. The number of rotatable bonds is 6. The first-order chi connectivity index (χ1) is 18.0. The number of amides is 1. The van der Waals surface area contributed by atoms with Crippen molar-refractivity contribution >= 4 is 45.7 Å². The van der Waals surface area contributed by atoms with Crippen LogP contribution in [0.15, 0.2) is 48.9 Å². The number of aromatic amines is 1. The van der Waals surface area contributed by atoms with Crippen LogP contribution in [0.5, 0.6) is 11.6 Å². The van der Waals surface area contributed by atoms with Crippen LogP contribution < -0.4 is 15.4 Å². The topological polar surface area (TPSA) is 118 Å². The Morgan fingerprint density at radius 3 is 2.66 bits per heavy atom. The first kappa shape index (κ1) is 25.5. The number of nitrogens with one attached hydrogen (secondary N) is 3. The molecule has 0 saturated heterocycles. The second-order valence-corrected chi connectivity index (χ2v) is 9.18. The van der Waals surface area contributed by atoms with Gasteiger partial charge in [-0.15, -0.1) is 0 Å². The first-order valence-corrected chi connectivity index (χ1v) is 11.5. The Morgan fingerprint density at radius 2 is 1.95 bits per heavy atom. The number of aromatic nitrogens is 3. The number of ether oxygens (including phenoxy) is 2. The standard InChI is InChI=1S/C25H19ClF3N5O4/c1-24(11-37-2)23(36)33-17-10-32-22-19(20(17)34-24)15(9-31-22)21(35)14-4-3-13(8-16(14)26)38-18-7-12(5-6-30-18)25(27,28)29/h3-10,34H,11H2,1-2H3,(H,31,32)(H,33,36). The summed E-state index contributed by atoms with van der Waals surface area (Å²) in [6.45, 7) is 1.74. The van der Waals surface area contributed by atoms with Crippen molar-refractivity contribution in [1.82, 2.24) is 15.0 Å². The molecular formula is C25H19ClF3N5O4. The minimum absolute atomic E-state index is 0.0112. The summed E-state index contributed by atoms with van der Waals surface area (Å²) in [6.07, 6.45) is -0.613. The van der Waals surface area contributed by atoms with Gasteiger partial charge in [-0.25, -0.2) is 9.97 Å². The fourth-order valence-electron chi connectivity index (χ4n) is 4.13. The molecule has 0 radical (unpaired) electrons. The molecular weight excluding hydrogens is 527 g/mol. The number of hydrogen-bond donors (Lipinski definition) is 3. The minimum Gasteiger partial charge on any atom is -0.439 e. The van der Waals surface area contributed by atoms with Crippen LogP contribution in [0.1, 0.15) is 28.4 Å². The van der Waals surface area contributed by atoms with Crippen molar-refractivity contribution in [2.75, 3.05) is 24.4 Å². The number of pyridine rings is 2. The van der Waals surface area contributed by atoms with Crippen LogP contribution in [-0.4, -0.2) is 45.9 Å². The molecule has 1 atom stereocenters. The molecule has 3 aromatic heterocycles. The van der Waals surface area contributed by atoms with Gasteiger partial charge in [0.2, 0.25) is 5.88 Å². The quantitative estimate of drug-likeness (QED) is 0.277. The number of nitrogens with zero attached hydrogens (tertiary/aromatic N) is 2. The second-order valence-electron chi connectivity index (χ2n) is 8.77. The lowest BCUT2D eigenvalue weighted by atomic mass is 9.96. The van der Waals surface area contributed by atoms with Gasteiger partial charge in [0.15, 0.2) is 5.78 Å². The number of methoxy groups -OCH3 is 1. The average molecular weight is 546 g/mol. The van der Waals surface area contributed by atoms with E-state index in [9.17, 15) is 22.8 Å². The Labute approximate surface area is 218 Å². The average Bonchev–Trinajstić information content (AvgIpc) is 3.29. The summed E-state index contributed by atoms with van der Waals surface area (Å²) in [5.41, 5.74) is -0.359. The minimum atomic E-state index is -4.55. The third kappa shape index (κ3) is 4.52. The van der Waals surface area contributed by atoms with E-state index in [1.807, 2.05) is 0 Å². The number of alkyl halides is 3. The second kappa shape index (κ2) is 9.30. The van der Waals surface area contributed by atoms with Crippen molar-refractivity contribution in [3.8, 4) is 11.6 Å². The molecule has 1 amide bonds. The van der Waals surface area contributed by atoms with E-state index in [0.717, 1.165) is 18.3 Å². The maximum Gasteiger partial charge on any atom is 0.416 e.